The number of phosphoric ester groups is 2. The molecule has 0 radical (unpaired) electrons. The van der Waals surface area contributed by atoms with E-state index in [0.717, 1.165) is 16.7 Å². The molecule has 0 aromatic heterocycles. The van der Waals surface area contributed by atoms with Crippen LogP contribution in [0.15, 0.2) is 48.5 Å². The molecule has 3 atom stereocenters. The van der Waals surface area contributed by atoms with Crippen LogP contribution in [0, 0.1) is 0 Å². The van der Waals surface area contributed by atoms with Gasteiger partial charge in [0.1, 0.15) is 12.2 Å². The van der Waals surface area contributed by atoms with Gasteiger partial charge in [-0.05, 0) is 22.3 Å². The number of aliphatic hydroxyl groups is 1. The van der Waals surface area contributed by atoms with E-state index in [-0.39, 0.29) is 26.2 Å². The van der Waals surface area contributed by atoms with Crippen LogP contribution in [0.2, 0.25) is 0 Å². The lowest BCUT2D eigenvalue weighted by atomic mass is 10.0. The third-order valence-electron chi connectivity index (χ3n) is 4.64. The highest BCUT2D eigenvalue weighted by molar-refractivity contribution is 7.47. The Balaban J connectivity index is 1.53. The maximum atomic E-state index is 12.3. The molecule has 1 unspecified atom stereocenters. The minimum absolute atomic E-state index is 0.0235. The minimum Gasteiger partial charge on any atom is -0.392 e. The van der Waals surface area contributed by atoms with E-state index in [1.54, 1.807) is 12.1 Å². The smallest absolute Gasteiger partial charge is 0.392 e. The van der Waals surface area contributed by atoms with E-state index in [9.17, 15) is 14.0 Å². The number of hydrogen-bond acceptors (Lipinski definition) is 7. The first-order valence-electron chi connectivity index (χ1n) is 9.42. The van der Waals surface area contributed by atoms with Gasteiger partial charge in [-0.2, -0.15) is 0 Å². The Hall–Kier alpha value is -1.42. The van der Waals surface area contributed by atoms with Gasteiger partial charge < -0.3 is 24.5 Å². The second-order valence-corrected chi connectivity index (χ2v) is 9.57. The van der Waals surface area contributed by atoms with Gasteiger partial charge in [0.05, 0.1) is 19.8 Å². The highest BCUT2D eigenvalue weighted by Crippen LogP contribution is 2.48. The predicted octanol–water partition coefficient (Wildman–Crippen LogP) is 2.75. The van der Waals surface area contributed by atoms with Crippen molar-refractivity contribution < 1.29 is 47.2 Å². The van der Waals surface area contributed by atoms with Gasteiger partial charge in [-0.3, -0.25) is 13.6 Å². The molecule has 0 spiro atoms. The Labute approximate surface area is 179 Å². The van der Waals surface area contributed by atoms with Gasteiger partial charge in [0.25, 0.3) is 0 Å². The van der Waals surface area contributed by atoms with Crippen LogP contribution in [0.3, 0.4) is 0 Å². The molecule has 0 aliphatic carbocycles. The van der Waals surface area contributed by atoms with E-state index in [1.165, 1.54) is 0 Å². The summed E-state index contributed by atoms with van der Waals surface area (Å²) in [4.78, 5) is 27.6. The number of hydrogen-bond donors (Lipinski definition) is 4. The number of ether oxygens (including phenoxy) is 1. The van der Waals surface area contributed by atoms with Gasteiger partial charge in [-0.15, -0.1) is 0 Å². The zero-order chi connectivity index (χ0) is 22.5. The summed E-state index contributed by atoms with van der Waals surface area (Å²) >= 11 is 0. The molecule has 31 heavy (non-hydrogen) atoms. The first-order valence-corrected chi connectivity index (χ1v) is 12.4. The Morgan fingerprint density at radius 1 is 0.903 bits per heavy atom. The second-order valence-electron chi connectivity index (χ2n) is 6.92. The van der Waals surface area contributed by atoms with Crippen molar-refractivity contribution in [3.05, 3.63) is 59.7 Å². The first-order chi connectivity index (χ1) is 14.6. The maximum Gasteiger partial charge on any atom is 0.472 e. The van der Waals surface area contributed by atoms with Crippen molar-refractivity contribution >= 4 is 15.6 Å². The number of benzene rings is 2. The molecule has 2 aromatic rings. The number of aliphatic hydroxyl groups excluding tert-OH is 1. The molecule has 2 aromatic carbocycles. The number of rotatable bonds is 10. The molecule has 3 rings (SSSR count). The lowest BCUT2D eigenvalue weighted by Gasteiger charge is -2.21. The summed E-state index contributed by atoms with van der Waals surface area (Å²) in [6.45, 7) is -0.477. The van der Waals surface area contributed by atoms with Crippen molar-refractivity contribution in [1.29, 1.82) is 0 Å². The van der Waals surface area contributed by atoms with Crippen molar-refractivity contribution in [1.82, 2.24) is 0 Å². The molecule has 12 heteroatoms. The topological polar surface area (TPSA) is 152 Å². The first kappa shape index (κ1) is 24.2. The summed E-state index contributed by atoms with van der Waals surface area (Å²) in [6, 6.07) is 14.6. The molecule has 1 fully saturated rings. The van der Waals surface area contributed by atoms with Crippen molar-refractivity contribution in [2.45, 2.75) is 31.8 Å². The van der Waals surface area contributed by atoms with Gasteiger partial charge in [0, 0.05) is 13.0 Å². The molecular weight excluding hydrogens is 450 g/mol. The van der Waals surface area contributed by atoms with Crippen LogP contribution in [0.5, 0.6) is 0 Å². The van der Waals surface area contributed by atoms with E-state index in [4.69, 9.17) is 28.7 Å². The van der Waals surface area contributed by atoms with Gasteiger partial charge in [-0.1, -0.05) is 48.5 Å². The number of phosphoric acid groups is 2. The fraction of sp³-hybridized carbons (Fsp3) is 0.368. The molecule has 1 saturated heterocycles. The van der Waals surface area contributed by atoms with E-state index >= 15 is 0 Å². The van der Waals surface area contributed by atoms with Gasteiger partial charge in [0.15, 0.2) is 0 Å². The monoisotopic (exact) mass is 474 g/mol. The fourth-order valence-corrected chi connectivity index (χ4v) is 4.33. The van der Waals surface area contributed by atoms with Gasteiger partial charge in [-0.25, -0.2) is 9.13 Å². The molecule has 0 bridgehead atoms. The molecule has 4 N–H and O–H groups in total. The molecular formula is C19H24O10P2. The lowest BCUT2D eigenvalue weighted by molar-refractivity contribution is -0.00130. The zero-order valence-corrected chi connectivity index (χ0v) is 18.2. The zero-order valence-electron chi connectivity index (χ0n) is 16.4. The minimum atomic E-state index is -4.69. The van der Waals surface area contributed by atoms with Gasteiger partial charge in [0.2, 0.25) is 0 Å². The standard InChI is InChI=1S/C19H24O10P2/c20-11-14-1-5-16(6-2-14)17-7-3-15(4-8-17)12-28-31(24,25)29-18-9-10-26-19(18)13-27-30(21,22)23/h1-8,18-20H,9-13H2,(H,24,25)(H2,21,22,23)/t18-,19+/m0/s1. The summed E-state index contributed by atoms with van der Waals surface area (Å²) < 4.78 is 42.9. The normalized spacial score (nSPS) is 21.2. The second kappa shape index (κ2) is 10.5. The van der Waals surface area contributed by atoms with Crippen molar-refractivity contribution in [3.63, 3.8) is 0 Å². The Bertz CT molecular complexity index is 941. The Kier molecular flexibility index (Phi) is 8.18. The molecule has 0 amide bonds. The molecule has 1 aliphatic heterocycles. The van der Waals surface area contributed by atoms with Crippen LogP contribution in [-0.4, -0.2) is 45.2 Å². The van der Waals surface area contributed by atoms with Crippen LogP contribution in [0.25, 0.3) is 11.1 Å². The van der Waals surface area contributed by atoms with E-state index in [0.29, 0.717) is 5.56 Å². The summed E-state index contributed by atoms with van der Waals surface area (Å²) in [5, 5.41) is 9.11. The Morgan fingerprint density at radius 2 is 1.48 bits per heavy atom. The van der Waals surface area contributed by atoms with E-state index in [2.05, 4.69) is 4.52 Å². The Morgan fingerprint density at radius 3 is 2.03 bits per heavy atom. The van der Waals surface area contributed by atoms with Crippen LogP contribution in [0.1, 0.15) is 17.5 Å². The van der Waals surface area contributed by atoms with Crippen LogP contribution >= 0.6 is 15.6 Å². The highest BCUT2D eigenvalue weighted by atomic mass is 31.2. The largest absolute Gasteiger partial charge is 0.472 e. The molecule has 170 valence electrons. The summed E-state index contributed by atoms with van der Waals surface area (Å²) in [7, 11) is -9.13. The summed E-state index contributed by atoms with van der Waals surface area (Å²) in [5.74, 6) is 0. The third-order valence-corrected chi connectivity index (χ3v) is 6.12. The average molecular weight is 474 g/mol. The van der Waals surface area contributed by atoms with Gasteiger partial charge >= 0.3 is 15.6 Å². The predicted molar refractivity (Wildman–Crippen MR) is 110 cm³/mol. The molecule has 0 saturated carbocycles. The van der Waals surface area contributed by atoms with E-state index < -0.39 is 34.5 Å². The molecule has 1 aliphatic rings. The van der Waals surface area contributed by atoms with Crippen molar-refractivity contribution in [2.24, 2.45) is 0 Å². The average Bonchev–Trinajstić information content (AvgIpc) is 3.17. The SMILES string of the molecule is O=P(O)(O)OC[C@H]1OCC[C@@H]1OP(=O)(O)OCc1ccc(-c2ccc(CO)cc2)cc1. The van der Waals surface area contributed by atoms with Crippen LogP contribution in [0.4, 0.5) is 0 Å². The quantitative estimate of drug-likeness (QED) is 0.378. The fourth-order valence-electron chi connectivity index (χ4n) is 3.03. The summed E-state index contributed by atoms with van der Waals surface area (Å²) in [5.41, 5.74) is 3.37. The molecule has 10 nitrogen and oxygen atoms in total. The van der Waals surface area contributed by atoms with E-state index in [1.807, 2.05) is 36.4 Å². The van der Waals surface area contributed by atoms with Crippen LogP contribution in [-0.2, 0) is 40.7 Å². The molecule has 1 heterocycles. The highest BCUT2D eigenvalue weighted by Gasteiger charge is 2.37. The van der Waals surface area contributed by atoms with Crippen molar-refractivity contribution in [2.75, 3.05) is 13.2 Å². The summed E-state index contributed by atoms with van der Waals surface area (Å²) in [6.07, 6.45) is -1.53. The third kappa shape index (κ3) is 7.59. The maximum absolute atomic E-state index is 12.3. The van der Waals surface area contributed by atoms with Crippen LogP contribution < -0.4 is 0 Å². The van der Waals surface area contributed by atoms with Crippen molar-refractivity contribution in [3.8, 4) is 11.1 Å². The lowest BCUT2D eigenvalue weighted by Crippen LogP contribution is -2.28.